The Morgan fingerprint density at radius 2 is 2.03 bits per heavy atom. The third-order valence-corrected chi connectivity index (χ3v) is 5.01. The van der Waals surface area contributed by atoms with Gasteiger partial charge in [-0.05, 0) is 31.0 Å². The maximum Gasteiger partial charge on any atom is 0.411 e. The lowest BCUT2D eigenvalue weighted by atomic mass is 10.0. The van der Waals surface area contributed by atoms with Crippen LogP contribution >= 0.6 is 0 Å². The minimum atomic E-state index is -0.556. The molecule has 0 radical (unpaired) electrons. The molecule has 2 heterocycles. The summed E-state index contributed by atoms with van der Waals surface area (Å²) >= 11 is 0. The zero-order chi connectivity index (χ0) is 20.8. The molecule has 9 nitrogen and oxygen atoms in total. The normalized spacial score (nSPS) is 19.0. The van der Waals surface area contributed by atoms with Crippen LogP contribution in [-0.4, -0.2) is 42.3 Å². The van der Waals surface area contributed by atoms with E-state index in [9.17, 15) is 9.59 Å². The zero-order valence-corrected chi connectivity index (χ0v) is 16.7. The monoisotopic (exact) mass is 401 g/mol. The molecule has 2 atom stereocenters. The van der Waals surface area contributed by atoms with Gasteiger partial charge in [-0.15, -0.1) is 0 Å². The van der Waals surface area contributed by atoms with E-state index in [-0.39, 0.29) is 24.5 Å². The highest BCUT2D eigenvalue weighted by Gasteiger charge is 2.20. The van der Waals surface area contributed by atoms with Gasteiger partial charge in [-0.2, -0.15) is 0 Å². The molecule has 0 spiro atoms. The fraction of sp³-hybridized carbons (Fsp3) is 0.450. The van der Waals surface area contributed by atoms with E-state index < -0.39 is 6.09 Å². The van der Waals surface area contributed by atoms with E-state index in [1.807, 2.05) is 12.1 Å². The first-order valence-electron chi connectivity index (χ1n) is 9.63. The Morgan fingerprint density at radius 1 is 1.24 bits per heavy atom. The molecule has 9 heteroatoms. The fourth-order valence-electron chi connectivity index (χ4n) is 3.43. The second kappa shape index (κ2) is 9.42. The maximum absolute atomic E-state index is 11.9. The second-order valence-electron chi connectivity index (χ2n) is 7.07. The average Bonchev–Trinajstić information content (AvgIpc) is 3.20. The Hall–Kier alpha value is -3.07. The summed E-state index contributed by atoms with van der Waals surface area (Å²) in [5.41, 5.74) is 9.27. The molecule has 2 bridgehead atoms. The van der Waals surface area contributed by atoms with Crippen LogP contribution in [0, 0.1) is 0 Å². The van der Waals surface area contributed by atoms with Gasteiger partial charge >= 0.3 is 12.1 Å². The van der Waals surface area contributed by atoms with Crippen molar-refractivity contribution in [1.82, 2.24) is 9.97 Å². The number of amides is 1. The summed E-state index contributed by atoms with van der Waals surface area (Å²) in [6.45, 7) is 0. The van der Waals surface area contributed by atoms with Gasteiger partial charge in [0.05, 0.1) is 38.6 Å². The number of nitrogens with two attached hydrogens (primary N) is 1. The van der Waals surface area contributed by atoms with E-state index in [1.54, 1.807) is 12.3 Å². The van der Waals surface area contributed by atoms with Gasteiger partial charge in [0, 0.05) is 23.0 Å². The number of nitrogens with one attached hydrogen (secondary N) is 3. The van der Waals surface area contributed by atoms with Crippen LogP contribution in [0.1, 0.15) is 44.0 Å². The number of carbonyl (C=O) groups excluding carboxylic acids is 2. The van der Waals surface area contributed by atoms with E-state index in [4.69, 9.17) is 10.5 Å². The van der Waals surface area contributed by atoms with Crippen LogP contribution in [0.5, 0.6) is 0 Å². The minimum absolute atomic E-state index is 0.118. The lowest BCUT2D eigenvalue weighted by molar-refractivity contribution is -0.140. The predicted molar refractivity (Wildman–Crippen MR) is 109 cm³/mol. The summed E-state index contributed by atoms with van der Waals surface area (Å²) in [6, 6.07) is 5.17. The number of imidazole rings is 1. The van der Waals surface area contributed by atoms with Crippen molar-refractivity contribution in [3.63, 3.8) is 0 Å². The molecule has 3 rings (SSSR count). The fourth-order valence-corrected chi connectivity index (χ4v) is 3.43. The third-order valence-electron chi connectivity index (χ3n) is 5.01. The van der Waals surface area contributed by atoms with Gasteiger partial charge in [0.25, 0.3) is 0 Å². The highest BCUT2D eigenvalue weighted by Crippen LogP contribution is 2.32. The number of H-pyrrole nitrogens is 1. The van der Waals surface area contributed by atoms with Crippen LogP contribution < -0.4 is 16.4 Å². The van der Waals surface area contributed by atoms with Gasteiger partial charge < -0.3 is 25.5 Å². The Kier molecular flexibility index (Phi) is 6.71. The Morgan fingerprint density at radius 3 is 2.79 bits per heavy atom. The smallest absolute Gasteiger partial charge is 0.411 e. The predicted octanol–water partition coefficient (Wildman–Crippen LogP) is 3.17. The molecule has 1 aliphatic rings. The molecule has 0 fully saturated rings. The highest BCUT2D eigenvalue weighted by molar-refractivity contribution is 5.88. The van der Waals surface area contributed by atoms with Crippen LogP contribution in [0.2, 0.25) is 0 Å². The summed E-state index contributed by atoms with van der Waals surface area (Å²) in [5, 5.41) is 6.11. The molecule has 0 aliphatic carbocycles. The van der Waals surface area contributed by atoms with E-state index in [0.29, 0.717) is 5.69 Å². The van der Waals surface area contributed by atoms with E-state index in [0.717, 1.165) is 48.5 Å². The molecule has 0 saturated carbocycles. The molecule has 0 saturated heterocycles. The number of aromatic nitrogens is 2. The van der Waals surface area contributed by atoms with Crippen molar-refractivity contribution in [2.24, 2.45) is 5.73 Å². The summed E-state index contributed by atoms with van der Waals surface area (Å²) in [7, 11) is 2.69. The molecular formula is C20H27N5O4. The number of esters is 1. The molecule has 1 aromatic carbocycles. The number of hydrogen-bond donors (Lipinski definition) is 4. The maximum atomic E-state index is 11.9. The molecule has 0 unspecified atom stereocenters. The van der Waals surface area contributed by atoms with Crippen molar-refractivity contribution in [2.75, 3.05) is 24.9 Å². The number of methoxy groups -OCH3 is 2. The van der Waals surface area contributed by atoms with E-state index in [1.165, 1.54) is 14.2 Å². The number of carbonyl (C=O) groups is 2. The summed E-state index contributed by atoms with van der Waals surface area (Å²) in [4.78, 5) is 31.2. The van der Waals surface area contributed by atoms with Gasteiger partial charge in [-0.1, -0.05) is 12.8 Å². The molecule has 1 aliphatic heterocycles. The number of rotatable bonds is 3. The molecule has 1 aromatic heterocycles. The first kappa shape index (κ1) is 20.7. The van der Waals surface area contributed by atoms with Crippen LogP contribution in [0.4, 0.5) is 16.2 Å². The Balaban J connectivity index is 1.99. The van der Waals surface area contributed by atoms with Crippen LogP contribution in [0.25, 0.3) is 11.3 Å². The molecule has 156 valence electrons. The number of ether oxygens (including phenoxy) is 2. The van der Waals surface area contributed by atoms with Gasteiger partial charge in [0.2, 0.25) is 0 Å². The lowest BCUT2D eigenvalue weighted by Crippen LogP contribution is -2.25. The van der Waals surface area contributed by atoms with Crippen LogP contribution in [-0.2, 0) is 14.3 Å². The number of fused-ring (bicyclic) bond motifs is 4. The Labute approximate surface area is 169 Å². The summed E-state index contributed by atoms with van der Waals surface area (Å²) in [5.74, 6) is 0.468. The van der Waals surface area contributed by atoms with Crippen molar-refractivity contribution in [3.8, 4) is 11.3 Å². The Bertz CT molecular complexity index is 866. The number of aromatic amines is 1. The summed E-state index contributed by atoms with van der Waals surface area (Å²) in [6.07, 6.45) is 4.86. The molecule has 29 heavy (non-hydrogen) atoms. The molecule has 1 amide bonds. The van der Waals surface area contributed by atoms with Gasteiger partial charge in [-0.3, -0.25) is 10.1 Å². The van der Waals surface area contributed by atoms with Crippen molar-refractivity contribution < 1.29 is 19.1 Å². The topological polar surface area (TPSA) is 131 Å². The molecule has 5 N–H and O–H groups in total. The first-order chi connectivity index (χ1) is 14.0. The number of benzene rings is 1. The second-order valence-corrected chi connectivity index (χ2v) is 7.07. The summed E-state index contributed by atoms with van der Waals surface area (Å²) < 4.78 is 9.53. The first-order valence-corrected chi connectivity index (χ1v) is 9.63. The SMILES string of the molecule is COC(=O)C[C@H]1CCCC[C@H](N)c2ncc([nH]2)-c2ccc(NC(=O)OC)cc2N1. The number of nitrogens with zero attached hydrogens (tertiary/aromatic N) is 1. The average molecular weight is 401 g/mol. The number of anilines is 2. The van der Waals surface area contributed by atoms with E-state index in [2.05, 4.69) is 25.3 Å². The van der Waals surface area contributed by atoms with Crippen molar-refractivity contribution in [3.05, 3.63) is 30.2 Å². The molecule has 2 aromatic rings. The van der Waals surface area contributed by atoms with Crippen LogP contribution in [0.3, 0.4) is 0 Å². The third kappa shape index (κ3) is 5.26. The lowest BCUT2D eigenvalue weighted by Gasteiger charge is -2.22. The quantitative estimate of drug-likeness (QED) is 0.581. The van der Waals surface area contributed by atoms with Gasteiger partial charge in [0.1, 0.15) is 5.82 Å². The van der Waals surface area contributed by atoms with Gasteiger partial charge in [0.15, 0.2) is 0 Å². The minimum Gasteiger partial charge on any atom is -0.469 e. The van der Waals surface area contributed by atoms with Gasteiger partial charge in [-0.25, -0.2) is 9.78 Å². The largest absolute Gasteiger partial charge is 0.469 e. The van der Waals surface area contributed by atoms with Crippen molar-refractivity contribution >= 4 is 23.4 Å². The van der Waals surface area contributed by atoms with Crippen molar-refractivity contribution in [2.45, 2.75) is 44.2 Å². The zero-order valence-electron chi connectivity index (χ0n) is 16.7. The molecular weight excluding hydrogens is 374 g/mol. The van der Waals surface area contributed by atoms with Crippen molar-refractivity contribution in [1.29, 1.82) is 0 Å². The highest BCUT2D eigenvalue weighted by atomic mass is 16.5. The van der Waals surface area contributed by atoms with E-state index >= 15 is 0 Å². The number of hydrogen-bond acceptors (Lipinski definition) is 7. The standard InChI is InChI=1S/C20H27N5O4/c1-28-18(26)10-12-5-3-4-6-15(21)19-22-11-17(25-19)14-8-7-13(9-16(14)23-12)24-20(27)29-2/h7-9,11-12,15,23H,3-6,10,21H2,1-2H3,(H,22,25)(H,24,27)/t12-,15+/m1/s1. The van der Waals surface area contributed by atoms with Crippen LogP contribution in [0.15, 0.2) is 24.4 Å².